The quantitative estimate of drug-likeness (QED) is 0.897. The van der Waals surface area contributed by atoms with Gasteiger partial charge in [-0.15, -0.1) is 0 Å². The van der Waals surface area contributed by atoms with Crippen LogP contribution >= 0.6 is 0 Å². The first-order chi connectivity index (χ1) is 11.5. The smallest absolute Gasteiger partial charge is 0.241 e. The van der Waals surface area contributed by atoms with Gasteiger partial charge in [0.25, 0.3) is 0 Å². The first-order valence-electron chi connectivity index (χ1n) is 7.56. The summed E-state index contributed by atoms with van der Waals surface area (Å²) in [4.78, 5) is 14.0. The third-order valence-corrected chi connectivity index (χ3v) is 5.42. The van der Waals surface area contributed by atoms with Gasteiger partial charge in [-0.05, 0) is 36.2 Å². The van der Waals surface area contributed by atoms with Gasteiger partial charge in [-0.1, -0.05) is 30.3 Å². The number of carbonyl (C=O) groups is 1. The van der Waals surface area contributed by atoms with Crippen LogP contribution in [0.4, 0.5) is 4.39 Å². The summed E-state index contributed by atoms with van der Waals surface area (Å²) >= 11 is 0. The molecule has 126 valence electrons. The van der Waals surface area contributed by atoms with Crippen molar-refractivity contribution in [3.05, 3.63) is 66.0 Å². The minimum absolute atomic E-state index is 0.0572. The average Bonchev–Trinajstić information content (AvgIpc) is 2.89. The van der Waals surface area contributed by atoms with Gasteiger partial charge in [0.1, 0.15) is 11.9 Å². The second-order valence-electron chi connectivity index (χ2n) is 5.66. The average molecular weight is 348 g/mol. The van der Waals surface area contributed by atoms with E-state index in [9.17, 15) is 17.6 Å². The fraction of sp³-hybridized carbons (Fsp3) is 0.235. The molecule has 1 amide bonds. The predicted octanol–water partition coefficient (Wildman–Crippen LogP) is 1.91. The zero-order valence-electron chi connectivity index (χ0n) is 12.9. The highest BCUT2D eigenvalue weighted by molar-refractivity contribution is 7.89. The molecule has 1 heterocycles. The van der Waals surface area contributed by atoms with Crippen molar-refractivity contribution in [2.45, 2.75) is 23.9 Å². The lowest BCUT2D eigenvalue weighted by Crippen LogP contribution is -2.41. The standard InChI is InChI=1S/C17H17FN2O3S/c18-14-6-8-15(9-7-14)24(22,23)19-16-10-11-20(17(16)21)12-13-4-2-1-3-5-13/h1-9,16,19H,10-12H2/t16-/m1/s1. The second-order valence-corrected chi connectivity index (χ2v) is 7.38. The molecule has 0 unspecified atom stereocenters. The van der Waals surface area contributed by atoms with Crippen LogP contribution in [0.3, 0.4) is 0 Å². The van der Waals surface area contributed by atoms with Crippen molar-refractivity contribution in [2.75, 3.05) is 6.54 Å². The van der Waals surface area contributed by atoms with Crippen molar-refractivity contribution in [2.24, 2.45) is 0 Å². The molecule has 0 bridgehead atoms. The zero-order valence-corrected chi connectivity index (χ0v) is 13.7. The van der Waals surface area contributed by atoms with Crippen molar-refractivity contribution < 1.29 is 17.6 Å². The Morgan fingerprint density at radius 2 is 1.75 bits per heavy atom. The summed E-state index contributed by atoms with van der Waals surface area (Å²) in [7, 11) is -3.85. The SMILES string of the molecule is O=C1[C@H](NS(=O)(=O)c2ccc(F)cc2)CCN1Cc1ccccc1. The number of benzene rings is 2. The number of sulfonamides is 1. The molecule has 0 spiro atoms. The van der Waals surface area contributed by atoms with Crippen molar-refractivity contribution in [3.8, 4) is 0 Å². The molecule has 1 fully saturated rings. The third kappa shape index (κ3) is 3.63. The van der Waals surface area contributed by atoms with Gasteiger partial charge >= 0.3 is 0 Å². The summed E-state index contributed by atoms with van der Waals surface area (Å²) in [6, 6.07) is 13.2. The third-order valence-electron chi connectivity index (χ3n) is 3.94. The topological polar surface area (TPSA) is 66.5 Å². The maximum absolute atomic E-state index is 12.9. The molecule has 0 aromatic heterocycles. The van der Waals surface area contributed by atoms with Crippen LogP contribution in [0.15, 0.2) is 59.5 Å². The van der Waals surface area contributed by atoms with Crippen molar-refractivity contribution >= 4 is 15.9 Å². The summed E-state index contributed by atoms with van der Waals surface area (Å²) in [5, 5.41) is 0. The van der Waals surface area contributed by atoms with Gasteiger partial charge in [-0.3, -0.25) is 4.79 Å². The number of rotatable bonds is 5. The molecule has 0 radical (unpaired) electrons. The van der Waals surface area contributed by atoms with Crippen LogP contribution in [0.5, 0.6) is 0 Å². The van der Waals surface area contributed by atoms with Crippen LogP contribution in [-0.2, 0) is 21.4 Å². The minimum atomic E-state index is -3.85. The van der Waals surface area contributed by atoms with E-state index in [1.165, 1.54) is 12.1 Å². The molecule has 1 saturated heterocycles. The molecule has 7 heteroatoms. The molecule has 1 atom stereocenters. The zero-order chi connectivity index (χ0) is 17.2. The molecular formula is C17H17FN2O3S. The lowest BCUT2D eigenvalue weighted by molar-refractivity contribution is -0.129. The molecule has 1 aliphatic rings. The van der Waals surface area contributed by atoms with Crippen LogP contribution in [0.25, 0.3) is 0 Å². The Morgan fingerprint density at radius 3 is 2.42 bits per heavy atom. The largest absolute Gasteiger partial charge is 0.337 e. The fourth-order valence-electron chi connectivity index (χ4n) is 2.68. The molecule has 5 nitrogen and oxygen atoms in total. The van der Waals surface area contributed by atoms with E-state index in [4.69, 9.17) is 0 Å². The van der Waals surface area contributed by atoms with Crippen molar-refractivity contribution in [1.29, 1.82) is 0 Å². The number of carbonyl (C=O) groups excluding carboxylic acids is 1. The number of halogens is 1. The molecular weight excluding hydrogens is 331 g/mol. The molecule has 24 heavy (non-hydrogen) atoms. The molecule has 3 rings (SSSR count). The van der Waals surface area contributed by atoms with Crippen LogP contribution in [-0.4, -0.2) is 31.8 Å². The highest BCUT2D eigenvalue weighted by Gasteiger charge is 2.34. The van der Waals surface area contributed by atoms with Gasteiger partial charge < -0.3 is 4.90 Å². The Hall–Kier alpha value is -2.25. The van der Waals surface area contributed by atoms with Crippen LogP contribution in [0, 0.1) is 5.82 Å². The normalized spacial score (nSPS) is 18.1. The maximum atomic E-state index is 12.9. The molecule has 2 aromatic carbocycles. The van der Waals surface area contributed by atoms with Crippen LogP contribution in [0.2, 0.25) is 0 Å². The molecule has 0 aliphatic carbocycles. The van der Waals surface area contributed by atoms with Gasteiger partial charge in [0.05, 0.1) is 4.90 Å². The van der Waals surface area contributed by atoms with Crippen molar-refractivity contribution in [3.63, 3.8) is 0 Å². The Bertz CT molecular complexity index is 823. The number of likely N-dealkylation sites (tertiary alicyclic amines) is 1. The monoisotopic (exact) mass is 348 g/mol. The Labute approximate surface area is 140 Å². The van der Waals surface area contributed by atoms with Crippen molar-refractivity contribution in [1.82, 2.24) is 9.62 Å². The van der Waals surface area contributed by atoms with Gasteiger partial charge in [-0.2, -0.15) is 4.72 Å². The molecule has 1 aliphatic heterocycles. The van der Waals surface area contributed by atoms with E-state index in [2.05, 4.69) is 4.72 Å². The molecule has 2 aromatic rings. The number of amides is 1. The summed E-state index contributed by atoms with van der Waals surface area (Å²) in [5.41, 5.74) is 0.993. The fourth-order valence-corrected chi connectivity index (χ4v) is 3.90. The number of nitrogens with one attached hydrogen (secondary N) is 1. The van der Waals surface area contributed by atoms with Gasteiger partial charge in [0.2, 0.25) is 15.9 Å². The first kappa shape index (κ1) is 16.6. The Morgan fingerprint density at radius 1 is 1.08 bits per heavy atom. The number of nitrogens with zero attached hydrogens (tertiary/aromatic N) is 1. The van der Waals surface area contributed by atoms with E-state index in [1.807, 2.05) is 30.3 Å². The Balaban J connectivity index is 1.68. The number of hydrogen-bond donors (Lipinski definition) is 1. The summed E-state index contributed by atoms with van der Waals surface area (Å²) in [6.45, 7) is 0.943. The summed E-state index contributed by atoms with van der Waals surface area (Å²) in [6.07, 6.45) is 0.409. The van der Waals surface area contributed by atoms with E-state index in [0.717, 1.165) is 17.7 Å². The van der Waals surface area contributed by atoms with Gasteiger partial charge in [-0.25, -0.2) is 12.8 Å². The van der Waals surface area contributed by atoms with Crippen LogP contribution < -0.4 is 4.72 Å². The maximum Gasteiger partial charge on any atom is 0.241 e. The second kappa shape index (κ2) is 6.70. The summed E-state index contributed by atoms with van der Waals surface area (Å²) < 4.78 is 40.0. The first-order valence-corrected chi connectivity index (χ1v) is 9.05. The lowest BCUT2D eigenvalue weighted by Gasteiger charge is -2.17. The van der Waals surface area contributed by atoms with E-state index < -0.39 is 21.9 Å². The highest BCUT2D eigenvalue weighted by atomic mass is 32.2. The molecule has 1 N–H and O–H groups in total. The lowest BCUT2D eigenvalue weighted by atomic mass is 10.2. The van der Waals surface area contributed by atoms with Crippen LogP contribution in [0.1, 0.15) is 12.0 Å². The van der Waals surface area contributed by atoms with E-state index in [0.29, 0.717) is 19.5 Å². The highest BCUT2D eigenvalue weighted by Crippen LogP contribution is 2.18. The predicted molar refractivity (Wildman–Crippen MR) is 87.0 cm³/mol. The number of hydrogen-bond acceptors (Lipinski definition) is 3. The van der Waals surface area contributed by atoms with E-state index >= 15 is 0 Å². The Kier molecular flexibility index (Phi) is 4.64. The summed E-state index contributed by atoms with van der Waals surface area (Å²) in [5.74, 6) is -0.760. The van der Waals surface area contributed by atoms with Gasteiger partial charge in [0.15, 0.2) is 0 Å². The minimum Gasteiger partial charge on any atom is -0.337 e. The van der Waals surface area contributed by atoms with E-state index in [-0.39, 0.29) is 10.8 Å². The van der Waals surface area contributed by atoms with Gasteiger partial charge in [0, 0.05) is 13.1 Å². The molecule has 0 saturated carbocycles. The van der Waals surface area contributed by atoms with E-state index in [1.54, 1.807) is 4.90 Å².